The molecule has 3 rings (SSSR count). The van der Waals surface area contributed by atoms with Gasteiger partial charge in [-0.2, -0.15) is 0 Å². The Morgan fingerprint density at radius 1 is 1.06 bits per heavy atom. The summed E-state index contributed by atoms with van der Waals surface area (Å²) in [6, 6.07) is 16.8. The summed E-state index contributed by atoms with van der Waals surface area (Å²) >= 11 is 0. The third-order valence-corrected chi connectivity index (χ3v) is 3.66. The topological polar surface area (TPSA) is 38.0 Å². The molecule has 2 nitrogen and oxygen atoms in total. The number of nitrogens with one attached hydrogen (secondary N) is 1. The molecule has 1 saturated heterocycles. The van der Waals surface area contributed by atoms with Crippen LogP contribution in [0.15, 0.2) is 48.5 Å². The van der Waals surface area contributed by atoms with Crippen LogP contribution in [-0.4, -0.2) is 13.1 Å². The SMILES string of the molecule is Nc1cccc(-c2ccccc2C2CCNC2)c1. The van der Waals surface area contributed by atoms with Gasteiger partial charge in [0.1, 0.15) is 0 Å². The Kier molecular flexibility index (Phi) is 3.03. The number of nitrogens with two attached hydrogens (primary N) is 1. The van der Waals surface area contributed by atoms with E-state index in [0.717, 1.165) is 18.8 Å². The average Bonchev–Trinajstić information content (AvgIpc) is 2.92. The van der Waals surface area contributed by atoms with E-state index in [1.807, 2.05) is 12.1 Å². The lowest BCUT2D eigenvalue weighted by Gasteiger charge is -2.15. The predicted octanol–water partition coefficient (Wildman–Crippen LogP) is 3.01. The molecule has 1 atom stereocenters. The van der Waals surface area contributed by atoms with Gasteiger partial charge < -0.3 is 11.1 Å². The van der Waals surface area contributed by atoms with E-state index in [1.165, 1.54) is 23.1 Å². The molecule has 92 valence electrons. The summed E-state index contributed by atoms with van der Waals surface area (Å²) in [5, 5.41) is 3.44. The second-order valence-corrected chi connectivity index (χ2v) is 4.90. The summed E-state index contributed by atoms with van der Waals surface area (Å²) in [6.45, 7) is 2.20. The minimum absolute atomic E-state index is 0.627. The van der Waals surface area contributed by atoms with Crippen LogP contribution in [0.3, 0.4) is 0 Å². The van der Waals surface area contributed by atoms with Crippen LogP contribution >= 0.6 is 0 Å². The minimum atomic E-state index is 0.627. The van der Waals surface area contributed by atoms with Crippen molar-refractivity contribution in [1.29, 1.82) is 0 Å². The lowest BCUT2D eigenvalue weighted by molar-refractivity contribution is 0.765. The Morgan fingerprint density at radius 3 is 2.72 bits per heavy atom. The Morgan fingerprint density at radius 2 is 1.94 bits per heavy atom. The van der Waals surface area contributed by atoms with Crippen molar-refractivity contribution >= 4 is 5.69 Å². The third-order valence-electron chi connectivity index (χ3n) is 3.66. The zero-order valence-corrected chi connectivity index (χ0v) is 10.4. The molecule has 2 aromatic rings. The standard InChI is InChI=1S/C16H18N2/c17-14-5-3-4-12(10-14)15-6-1-2-7-16(15)13-8-9-18-11-13/h1-7,10,13,18H,8-9,11,17H2. The number of rotatable bonds is 2. The Bertz CT molecular complexity index is 542. The van der Waals surface area contributed by atoms with E-state index >= 15 is 0 Å². The van der Waals surface area contributed by atoms with E-state index in [2.05, 4.69) is 41.7 Å². The second-order valence-electron chi connectivity index (χ2n) is 4.90. The lowest BCUT2D eigenvalue weighted by Crippen LogP contribution is -2.08. The first-order valence-electron chi connectivity index (χ1n) is 6.50. The number of benzene rings is 2. The van der Waals surface area contributed by atoms with E-state index in [4.69, 9.17) is 5.73 Å². The molecule has 2 heteroatoms. The molecule has 3 N–H and O–H groups in total. The number of hydrogen-bond donors (Lipinski definition) is 2. The van der Waals surface area contributed by atoms with Crippen molar-refractivity contribution in [1.82, 2.24) is 5.32 Å². The second kappa shape index (κ2) is 4.83. The van der Waals surface area contributed by atoms with Gasteiger partial charge in [0.25, 0.3) is 0 Å². The molecule has 2 aromatic carbocycles. The molecule has 0 saturated carbocycles. The quantitative estimate of drug-likeness (QED) is 0.789. The summed E-state index contributed by atoms with van der Waals surface area (Å²) in [5.74, 6) is 0.627. The molecule has 1 heterocycles. The zero-order valence-electron chi connectivity index (χ0n) is 10.4. The summed E-state index contributed by atoms with van der Waals surface area (Å²) < 4.78 is 0. The highest BCUT2D eigenvalue weighted by Gasteiger charge is 2.19. The van der Waals surface area contributed by atoms with Crippen LogP contribution in [0.1, 0.15) is 17.9 Å². The molecular formula is C16H18N2. The van der Waals surface area contributed by atoms with Crippen molar-refractivity contribution in [3.05, 3.63) is 54.1 Å². The van der Waals surface area contributed by atoms with Gasteiger partial charge in [0, 0.05) is 12.2 Å². The van der Waals surface area contributed by atoms with Gasteiger partial charge in [-0.3, -0.25) is 0 Å². The van der Waals surface area contributed by atoms with E-state index in [1.54, 1.807) is 0 Å². The van der Waals surface area contributed by atoms with Crippen LogP contribution in [0.4, 0.5) is 5.69 Å². The largest absolute Gasteiger partial charge is 0.399 e. The maximum Gasteiger partial charge on any atom is 0.0320 e. The first-order valence-corrected chi connectivity index (χ1v) is 6.50. The molecule has 18 heavy (non-hydrogen) atoms. The minimum Gasteiger partial charge on any atom is -0.399 e. The van der Waals surface area contributed by atoms with Gasteiger partial charge in [-0.05, 0) is 47.7 Å². The monoisotopic (exact) mass is 238 g/mol. The van der Waals surface area contributed by atoms with Gasteiger partial charge in [0.15, 0.2) is 0 Å². The van der Waals surface area contributed by atoms with Gasteiger partial charge >= 0.3 is 0 Å². The highest BCUT2D eigenvalue weighted by molar-refractivity contribution is 5.71. The fraction of sp³-hybridized carbons (Fsp3) is 0.250. The first kappa shape index (κ1) is 11.3. The first-order chi connectivity index (χ1) is 8.84. The molecule has 0 bridgehead atoms. The molecule has 1 fully saturated rings. The summed E-state index contributed by atoms with van der Waals surface area (Å²) in [4.78, 5) is 0. The van der Waals surface area contributed by atoms with Crippen LogP contribution in [0.25, 0.3) is 11.1 Å². The normalized spacial score (nSPS) is 19.0. The summed E-state index contributed by atoms with van der Waals surface area (Å²) in [7, 11) is 0. The van der Waals surface area contributed by atoms with Gasteiger partial charge in [-0.15, -0.1) is 0 Å². The number of nitrogen functional groups attached to an aromatic ring is 1. The highest BCUT2D eigenvalue weighted by Crippen LogP contribution is 2.32. The molecule has 0 aromatic heterocycles. The summed E-state index contributed by atoms with van der Waals surface area (Å²) in [5.41, 5.74) is 10.7. The molecular weight excluding hydrogens is 220 g/mol. The van der Waals surface area contributed by atoms with Crippen molar-refractivity contribution in [3.63, 3.8) is 0 Å². The predicted molar refractivity (Wildman–Crippen MR) is 76.5 cm³/mol. The highest BCUT2D eigenvalue weighted by atomic mass is 14.9. The van der Waals surface area contributed by atoms with E-state index < -0.39 is 0 Å². The van der Waals surface area contributed by atoms with Gasteiger partial charge in [0.05, 0.1) is 0 Å². The smallest absolute Gasteiger partial charge is 0.0320 e. The van der Waals surface area contributed by atoms with Crippen LogP contribution in [-0.2, 0) is 0 Å². The fourth-order valence-electron chi connectivity index (χ4n) is 2.74. The number of anilines is 1. The molecule has 1 aliphatic heterocycles. The average molecular weight is 238 g/mol. The fourth-order valence-corrected chi connectivity index (χ4v) is 2.74. The Hall–Kier alpha value is -1.80. The maximum atomic E-state index is 5.89. The van der Waals surface area contributed by atoms with Crippen LogP contribution in [0, 0.1) is 0 Å². The molecule has 0 aliphatic carbocycles. The van der Waals surface area contributed by atoms with Crippen LogP contribution < -0.4 is 11.1 Å². The maximum absolute atomic E-state index is 5.89. The van der Waals surface area contributed by atoms with E-state index in [0.29, 0.717) is 5.92 Å². The molecule has 1 unspecified atom stereocenters. The Balaban J connectivity index is 2.06. The Labute approximate surface area is 108 Å². The van der Waals surface area contributed by atoms with Crippen molar-refractivity contribution in [3.8, 4) is 11.1 Å². The van der Waals surface area contributed by atoms with Crippen molar-refractivity contribution < 1.29 is 0 Å². The molecule has 1 aliphatic rings. The third kappa shape index (κ3) is 2.12. The van der Waals surface area contributed by atoms with Gasteiger partial charge in [-0.25, -0.2) is 0 Å². The van der Waals surface area contributed by atoms with Crippen molar-refractivity contribution in [2.45, 2.75) is 12.3 Å². The summed E-state index contributed by atoms with van der Waals surface area (Å²) in [6.07, 6.45) is 1.22. The lowest BCUT2D eigenvalue weighted by atomic mass is 9.90. The van der Waals surface area contributed by atoms with Gasteiger partial charge in [0.2, 0.25) is 0 Å². The van der Waals surface area contributed by atoms with Crippen LogP contribution in [0.2, 0.25) is 0 Å². The van der Waals surface area contributed by atoms with Crippen molar-refractivity contribution in [2.75, 3.05) is 18.8 Å². The van der Waals surface area contributed by atoms with E-state index in [9.17, 15) is 0 Å². The molecule has 0 amide bonds. The number of hydrogen-bond acceptors (Lipinski definition) is 2. The van der Waals surface area contributed by atoms with Gasteiger partial charge in [-0.1, -0.05) is 36.4 Å². The van der Waals surface area contributed by atoms with E-state index in [-0.39, 0.29) is 0 Å². The van der Waals surface area contributed by atoms with Crippen molar-refractivity contribution in [2.24, 2.45) is 0 Å². The molecule has 0 spiro atoms. The molecule has 0 radical (unpaired) electrons. The zero-order chi connectivity index (χ0) is 12.4. The van der Waals surface area contributed by atoms with Crippen LogP contribution in [0.5, 0.6) is 0 Å².